The Morgan fingerprint density at radius 1 is 1.20 bits per heavy atom. The molecule has 2 heterocycles. The number of thiophene rings is 1. The number of carbonyl (C=O) groups excluding carboxylic acids is 1. The second-order valence-electron chi connectivity index (χ2n) is 7.48. The summed E-state index contributed by atoms with van der Waals surface area (Å²) in [5, 5.41) is 21.6. The maximum atomic E-state index is 13.2. The summed E-state index contributed by atoms with van der Waals surface area (Å²) in [5.74, 6) is -1.38. The zero-order valence-corrected chi connectivity index (χ0v) is 17.1. The van der Waals surface area contributed by atoms with Crippen molar-refractivity contribution in [1.29, 1.82) is 0 Å². The van der Waals surface area contributed by atoms with E-state index in [1.165, 1.54) is 23.5 Å². The minimum atomic E-state index is -0.677. The maximum Gasteiger partial charge on any atom is 0.283 e. The lowest BCUT2D eigenvalue weighted by molar-refractivity contribution is 0.0922. The van der Waals surface area contributed by atoms with Gasteiger partial charge in [-0.05, 0) is 42.0 Å². The van der Waals surface area contributed by atoms with Crippen molar-refractivity contribution in [3.05, 3.63) is 68.4 Å². The van der Waals surface area contributed by atoms with E-state index in [2.05, 4.69) is 10.4 Å². The molecule has 1 fully saturated rings. The predicted molar refractivity (Wildman–Crippen MR) is 113 cm³/mol. The molecule has 1 amide bonds. The van der Waals surface area contributed by atoms with Crippen LogP contribution in [-0.2, 0) is 6.54 Å². The van der Waals surface area contributed by atoms with Crippen molar-refractivity contribution in [3.63, 3.8) is 0 Å². The summed E-state index contributed by atoms with van der Waals surface area (Å²) in [4.78, 5) is 26.0. The highest BCUT2D eigenvalue weighted by Crippen LogP contribution is 2.30. The second-order valence-corrected chi connectivity index (χ2v) is 8.26. The van der Waals surface area contributed by atoms with Gasteiger partial charge in [0, 0.05) is 17.0 Å². The van der Waals surface area contributed by atoms with Gasteiger partial charge in [-0.1, -0.05) is 31.4 Å². The standard InChI is InChI=1S/C22H22FN3O3S/c23-16-8-6-14(7-9-16)12-26-22(29)18(21(28)24-17-4-2-1-3-5-17)20(27)19(25-26)15-10-11-30-13-15/h6-11,13,17,27H,1-5,12H2,(H,24,28). The molecule has 6 nitrogen and oxygen atoms in total. The van der Waals surface area contributed by atoms with Gasteiger partial charge in [-0.15, -0.1) is 0 Å². The molecule has 0 bridgehead atoms. The number of aromatic nitrogens is 2. The lowest BCUT2D eigenvalue weighted by Crippen LogP contribution is -2.40. The van der Waals surface area contributed by atoms with Gasteiger partial charge in [0.1, 0.15) is 11.5 Å². The number of nitrogens with zero attached hydrogens (tertiary/aromatic N) is 2. The molecule has 156 valence electrons. The number of hydrogen-bond donors (Lipinski definition) is 2. The van der Waals surface area contributed by atoms with E-state index in [0.717, 1.165) is 36.8 Å². The van der Waals surface area contributed by atoms with Gasteiger partial charge in [0.25, 0.3) is 11.5 Å². The van der Waals surface area contributed by atoms with Crippen molar-refractivity contribution in [2.24, 2.45) is 0 Å². The summed E-state index contributed by atoms with van der Waals surface area (Å²) in [7, 11) is 0. The van der Waals surface area contributed by atoms with Crippen LogP contribution in [-0.4, -0.2) is 26.8 Å². The fourth-order valence-corrected chi connectivity index (χ4v) is 4.38. The zero-order chi connectivity index (χ0) is 21.1. The molecule has 1 aliphatic carbocycles. The van der Waals surface area contributed by atoms with E-state index in [1.807, 2.05) is 5.38 Å². The van der Waals surface area contributed by atoms with Crippen molar-refractivity contribution in [2.75, 3.05) is 0 Å². The third kappa shape index (κ3) is 4.28. The number of benzene rings is 1. The summed E-state index contributed by atoms with van der Waals surface area (Å²) < 4.78 is 14.4. The van der Waals surface area contributed by atoms with Crippen LogP contribution in [0.2, 0.25) is 0 Å². The normalized spacial score (nSPS) is 14.6. The molecule has 0 aliphatic heterocycles. The Morgan fingerprint density at radius 3 is 2.60 bits per heavy atom. The number of carbonyl (C=O) groups is 1. The van der Waals surface area contributed by atoms with Crippen molar-refractivity contribution in [1.82, 2.24) is 15.1 Å². The van der Waals surface area contributed by atoms with E-state index in [-0.39, 0.29) is 29.7 Å². The molecule has 0 unspecified atom stereocenters. The first-order valence-corrected chi connectivity index (χ1v) is 10.9. The van der Waals surface area contributed by atoms with E-state index in [0.29, 0.717) is 11.1 Å². The predicted octanol–water partition coefficient (Wildman–Crippen LogP) is 3.93. The van der Waals surface area contributed by atoms with Gasteiger partial charge in [-0.3, -0.25) is 9.59 Å². The van der Waals surface area contributed by atoms with E-state index in [1.54, 1.807) is 23.6 Å². The number of rotatable bonds is 5. The van der Waals surface area contributed by atoms with E-state index in [9.17, 15) is 19.1 Å². The summed E-state index contributed by atoms with van der Waals surface area (Å²) in [6, 6.07) is 7.48. The van der Waals surface area contributed by atoms with Crippen molar-refractivity contribution >= 4 is 17.2 Å². The first-order valence-electron chi connectivity index (χ1n) is 9.95. The Kier molecular flexibility index (Phi) is 5.94. The summed E-state index contributed by atoms with van der Waals surface area (Å²) in [6.45, 7) is 0.0558. The monoisotopic (exact) mass is 427 g/mol. The molecular weight excluding hydrogens is 405 g/mol. The summed E-state index contributed by atoms with van der Waals surface area (Å²) >= 11 is 1.42. The van der Waals surface area contributed by atoms with Crippen LogP contribution in [0.1, 0.15) is 48.0 Å². The molecule has 8 heteroatoms. The number of amides is 1. The van der Waals surface area contributed by atoms with Crippen molar-refractivity contribution < 1.29 is 14.3 Å². The van der Waals surface area contributed by atoms with Crippen LogP contribution in [0.25, 0.3) is 11.3 Å². The largest absolute Gasteiger partial charge is 0.505 e. The molecule has 2 aromatic heterocycles. The smallest absolute Gasteiger partial charge is 0.283 e. The number of aromatic hydroxyl groups is 1. The average Bonchev–Trinajstić information content (AvgIpc) is 3.27. The third-order valence-corrected chi connectivity index (χ3v) is 6.02. The fraction of sp³-hybridized carbons (Fsp3) is 0.318. The highest BCUT2D eigenvalue weighted by Gasteiger charge is 2.26. The Balaban J connectivity index is 1.75. The first kappa shape index (κ1) is 20.3. The van der Waals surface area contributed by atoms with Crippen molar-refractivity contribution in [3.8, 4) is 17.0 Å². The van der Waals surface area contributed by atoms with Gasteiger partial charge in [-0.25, -0.2) is 9.07 Å². The third-order valence-electron chi connectivity index (χ3n) is 5.34. The number of nitrogens with one attached hydrogen (secondary N) is 1. The minimum absolute atomic E-state index is 0.00615. The van der Waals surface area contributed by atoms with Crippen LogP contribution < -0.4 is 10.9 Å². The second kappa shape index (κ2) is 8.79. The van der Waals surface area contributed by atoms with Gasteiger partial charge < -0.3 is 10.4 Å². The number of halogens is 1. The average molecular weight is 428 g/mol. The first-order chi connectivity index (χ1) is 14.5. The molecule has 4 rings (SSSR count). The Hall–Kier alpha value is -3.00. The van der Waals surface area contributed by atoms with Gasteiger partial charge in [-0.2, -0.15) is 16.4 Å². The van der Waals surface area contributed by atoms with Crippen LogP contribution in [0.4, 0.5) is 4.39 Å². The van der Waals surface area contributed by atoms with Crippen LogP contribution in [0, 0.1) is 5.82 Å². The summed E-state index contributed by atoms with van der Waals surface area (Å²) in [6.07, 6.45) is 4.92. The molecule has 0 saturated heterocycles. The molecule has 2 N–H and O–H groups in total. The minimum Gasteiger partial charge on any atom is -0.505 e. The Labute approximate surface area is 177 Å². The molecule has 0 spiro atoms. The van der Waals surface area contributed by atoms with Gasteiger partial charge in [0.15, 0.2) is 11.3 Å². The topological polar surface area (TPSA) is 84.2 Å². The van der Waals surface area contributed by atoms with Gasteiger partial charge >= 0.3 is 0 Å². The van der Waals surface area contributed by atoms with Gasteiger partial charge in [0.2, 0.25) is 0 Å². The fourth-order valence-electron chi connectivity index (χ4n) is 3.73. The van der Waals surface area contributed by atoms with Crippen LogP contribution in [0.5, 0.6) is 5.75 Å². The lowest BCUT2D eigenvalue weighted by Gasteiger charge is -2.23. The van der Waals surface area contributed by atoms with Crippen molar-refractivity contribution in [2.45, 2.75) is 44.7 Å². The molecule has 0 atom stereocenters. The molecule has 3 aromatic rings. The molecule has 30 heavy (non-hydrogen) atoms. The Morgan fingerprint density at radius 2 is 1.93 bits per heavy atom. The highest BCUT2D eigenvalue weighted by atomic mass is 32.1. The zero-order valence-electron chi connectivity index (χ0n) is 16.3. The summed E-state index contributed by atoms with van der Waals surface area (Å²) in [5.41, 5.74) is 0.471. The van der Waals surface area contributed by atoms with Crippen LogP contribution in [0.15, 0.2) is 45.9 Å². The molecule has 0 radical (unpaired) electrons. The van der Waals surface area contributed by atoms with E-state index in [4.69, 9.17) is 0 Å². The quantitative estimate of drug-likeness (QED) is 0.646. The lowest BCUT2D eigenvalue weighted by atomic mass is 9.95. The van der Waals surface area contributed by atoms with Crippen LogP contribution in [0.3, 0.4) is 0 Å². The van der Waals surface area contributed by atoms with Gasteiger partial charge in [0.05, 0.1) is 6.54 Å². The molecule has 1 saturated carbocycles. The number of hydrogen-bond acceptors (Lipinski definition) is 5. The SMILES string of the molecule is O=C(NC1CCCCC1)c1c(O)c(-c2ccsc2)nn(Cc2ccc(F)cc2)c1=O. The Bertz CT molecular complexity index is 1090. The molecule has 1 aliphatic rings. The molecule has 1 aromatic carbocycles. The molecular formula is C22H22FN3O3S. The van der Waals surface area contributed by atoms with E-state index >= 15 is 0 Å². The highest BCUT2D eigenvalue weighted by molar-refractivity contribution is 7.08. The van der Waals surface area contributed by atoms with E-state index < -0.39 is 17.2 Å². The maximum absolute atomic E-state index is 13.2. The van der Waals surface area contributed by atoms with Crippen LogP contribution >= 0.6 is 11.3 Å².